The molecule has 0 saturated heterocycles. The summed E-state index contributed by atoms with van der Waals surface area (Å²) in [6.07, 6.45) is 0. The number of ether oxygens (including phenoxy) is 1. The highest BCUT2D eigenvalue weighted by atomic mass is 19.3. The predicted molar refractivity (Wildman–Crippen MR) is 38.1 cm³/mol. The van der Waals surface area contributed by atoms with Crippen LogP contribution in [-0.2, 0) is 0 Å². The van der Waals surface area contributed by atoms with E-state index in [1.165, 1.54) is 0 Å². The third-order valence-corrected chi connectivity index (χ3v) is 1.16. The molecule has 0 amide bonds. The van der Waals surface area contributed by atoms with E-state index >= 15 is 0 Å². The van der Waals surface area contributed by atoms with Crippen molar-refractivity contribution < 1.29 is 13.5 Å². The molecule has 12 heavy (non-hydrogen) atoms. The Morgan fingerprint density at radius 1 is 1.25 bits per heavy atom. The Bertz CT molecular complexity index is 258. The van der Waals surface area contributed by atoms with E-state index in [0.29, 0.717) is 11.4 Å². The second-order valence-corrected chi connectivity index (χ2v) is 2.31. The summed E-state index contributed by atoms with van der Waals surface area (Å²) in [6, 6.07) is 1.40. The lowest BCUT2D eigenvalue weighted by Gasteiger charge is -2.03. The molecule has 1 rings (SSSR count). The van der Waals surface area contributed by atoms with Crippen LogP contribution in [0, 0.1) is 13.8 Å². The van der Waals surface area contributed by atoms with Gasteiger partial charge in [-0.1, -0.05) is 0 Å². The fraction of sp³-hybridized carbons (Fsp3) is 0.429. The predicted octanol–water partition coefficient (Wildman–Crippen LogP) is 1.69. The van der Waals surface area contributed by atoms with E-state index in [4.69, 9.17) is 0 Å². The smallest absolute Gasteiger partial charge is 0.389 e. The molecule has 0 atom stereocenters. The third kappa shape index (κ3) is 2.41. The molecule has 1 heterocycles. The molecule has 0 unspecified atom stereocenters. The number of halogens is 2. The highest BCUT2D eigenvalue weighted by molar-refractivity contribution is 5.10. The standard InChI is InChI=1S/C7H8F2N2O/c1-4-3-5(2)11-7(10-4)12-6(8)9/h3,6H,1-2H3. The van der Waals surface area contributed by atoms with Crippen LogP contribution in [-0.4, -0.2) is 16.6 Å². The van der Waals surface area contributed by atoms with Crippen molar-refractivity contribution >= 4 is 0 Å². The fourth-order valence-electron chi connectivity index (χ4n) is 0.826. The molecule has 0 saturated carbocycles. The number of aromatic nitrogens is 2. The number of rotatable bonds is 2. The van der Waals surface area contributed by atoms with Gasteiger partial charge in [-0.25, -0.2) is 9.97 Å². The summed E-state index contributed by atoms with van der Waals surface area (Å²) in [7, 11) is 0. The molecule has 66 valence electrons. The summed E-state index contributed by atoms with van der Waals surface area (Å²) in [5.41, 5.74) is 1.22. The van der Waals surface area contributed by atoms with Gasteiger partial charge in [-0.3, -0.25) is 0 Å². The summed E-state index contributed by atoms with van der Waals surface area (Å²) in [4.78, 5) is 7.32. The van der Waals surface area contributed by atoms with Crippen LogP contribution in [0.25, 0.3) is 0 Å². The molecule has 1 aromatic heterocycles. The van der Waals surface area contributed by atoms with Gasteiger partial charge in [0.2, 0.25) is 0 Å². The summed E-state index contributed by atoms with van der Waals surface area (Å²) in [5, 5.41) is 0. The van der Waals surface area contributed by atoms with Crippen LogP contribution in [0.2, 0.25) is 0 Å². The Hall–Kier alpha value is -1.26. The Balaban J connectivity index is 2.85. The Morgan fingerprint density at radius 3 is 2.17 bits per heavy atom. The molecule has 0 aliphatic carbocycles. The molecule has 0 bridgehead atoms. The van der Waals surface area contributed by atoms with Crippen LogP contribution < -0.4 is 4.74 Å². The summed E-state index contributed by atoms with van der Waals surface area (Å²) >= 11 is 0. The average molecular weight is 174 g/mol. The van der Waals surface area contributed by atoms with E-state index in [1.54, 1.807) is 19.9 Å². The van der Waals surface area contributed by atoms with E-state index in [0.717, 1.165) is 0 Å². The summed E-state index contributed by atoms with van der Waals surface area (Å²) in [6.45, 7) is 0.506. The first-order valence-electron chi connectivity index (χ1n) is 3.35. The van der Waals surface area contributed by atoms with Crippen molar-refractivity contribution in [1.82, 2.24) is 9.97 Å². The molecule has 3 nitrogen and oxygen atoms in total. The van der Waals surface area contributed by atoms with E-state index < -0.39 is 6.61 Å². The maximum Gasteiger partial charge on any atom is 0.389 e. The van der Waals surface area contributed by atoms with E-state index in [1.807, 2.05) is 0 Å². The van der Waals surface area contributed by atoms with E-state index in [2.05, 4.69) is 14.7 Å². The van der Waals surface area contributed by atoms with Crippen LogP contribution in [0.3, 0.4) is 0 Å². The first-order valence-corrected chi connectivity index (χ1v) is 3.35. The van der Waals surface area contributed by atoms with Crippen molar-refractivity contribution in [2.45, 2.75) is 20.5 Å². The molecule has 0 fully saturated rings. The molecule has 1 aromatic rings. The lowest BCUT2D eigenvalue weighted by Crippen LogP contribution is -2.06. The molecule has 5 heteroatoms. The molecule has 0 aromatic carbocycles. The molecule has 0 N–H and O–H groups in total. The fourth-order valence-corrected chi connectivity index (χ4v) is 0.826. The van der Waals surface area contributed by atoms with Crippen LogP contribution in [0.5, 0.6) is 6.01 Å². The van der Waals surface area contributed by atoms with Crippen molar-refractivity contribution in [3.8, 4) is 6.01 Å². The Kier molecular flexibility index (Phi) is 2.52. The highest BCUT2D eigenvalue weighted by Gasteiger charge is 2.07. The van der Waals surface area contributed by atoms with E-state index in [-0.39, 0.29) is 6.01 Å². The Morgan fingerprint density at radius 2 is 1.75 bits per heavy atom. The lowest BCUT2D eigenvalue weighted by atomic mass is 10.4. The second kappa shape index (κ2) is 3.42. The van der Waals surface area contributed by atoms with Gasteiger partial charge in [0.15, 0.2) is 0 Å². The zero-order valence-corrected chi connectivity index (χ0v) is 6.71. The van der Waals surface area contributed by atoms with Gasteiger partial charge in [-0.2, -0.15) is 8.78 Å². The largest absolute Gasteiger partial charge is 0.401 e. The van der Waals surface area contributed by atoms with Crippen molar-refractivity contribution in [3.63, 3.8) is 0 Å². The number of aryl methyl sites for hydroxylation is 2. The third-order valence-electron chi connectivity index (χ3n) is 1.16. The zero-order valence-electron chi connectivity index (χ0n) is 6.71. The van der Waals surface area contributed by atoms with Gasteiger partial charge in [0.1, 0.15) is 0 Å². The van der Waals surface area contributed by atoms with Crippen molar-refractivity contribution in [3.05, 3.63) is 17.5 Å². The van der Waals surface area contributed by atoms with Crippen molar-refractivity contribution in [1.29, 1.82) is 0 Å². The zero-order chi connectivity index (χ0) is 9.14. The normalized spacial score (nSPS) is 10.4. The minimum atomic E-state index is -2.87. The van der Waals surface area contributed by atoms with Crippen LogP contribution >= 0.6 is 0 Å². The quantitative estimate of drug-likeness (QED) is 0.684. The van der Waals surface area contributed by atoms with Gasteiger partial charge < -0.3 is 4.74 Å². The van der Waals surface area contributed by atoms with Gasteiger partial charge in [0, 0.05) is 11.4 Å². The minimum absolute atomic E-state index is 0.275. The second-order valence-electron chi connectivity index (χ2n) is 2.31. The van der Waals surface area contributed by atoms with Crippen LogP contribution in [0.1, 0.15) is 11.4 Å². The maximum absolute atomic E-state index is 11.7. The van der Waals surface area contributed by atoms with Gasteiger partial charge in [-0.05, 0) is 19.9 Å². The molecule has 0 spiro atoms. The summed E-state index contributed by atoms with van der Waals surface area (Å²) < 4.78 is 27.4. The molecule has 0 radical (unpaired) electrons. The SMILES string of the molecule is Cc1cc(C)nc(OC(F)F)n1. The van der Waals surface area contributed by atoms with Crippen LogP contribution in [0.15, 0.2) is 6.07 Å². The van der Waals surface area contributed by atoms with Gasteiger partial charge in [0.25, 0.3) is 0 Å². The lowest BCUT2D eigenvalue weighted by molar-refractivity contribution is -0.0562. The minimum Gasteiger partial charge on any atom is -0.401 e. The van der Waals surface area contributed by atoms with Gasteiger partial charge in [-0.15, -0.1) is 0 Å². The number of alkyl halides is 2. The molecular weight excluding hydrogens is 166 g/mol. The average Bonchev–Trinajstić information content (AvgIpc) is 1.81. The first kappa shape index (κ1) is 8.83. The monoisotopic (exact) mass is 174 g/mol. The highest BCUT2D eigenvalue weighted by Crippen LogP contribution is 2.08. The maximum atomic E-state index is 11.7. The molecule has 0 aliphatic rings. The number of hydrogen-bond acceptors (Lipinski definition) is 3. The summed E-state index contributed by atoms with van der Waals surface area (Å²) in [5.74, 6) is 0. The van der Waals surface area contributed by atoms with Crippen molar-refractivity contribution in [2.75, 3.05) is 0 Å². The van der Waals surface area contributed by atoms with E-state index in [9.17, 15) is 8.78 Å². The topological polar surface area (TPSA) is 35.0 Å². The van der Waals surface area contributed by atoms with Crippen LogP contribution in [0.4, 0.5) is 8.78 Å². The van der Waals surface area contributed by atoms with Crippen molar-refractivity contribution in [2.24, 2.45) is 0 Å². The van der Waals surface area contributed by atoms with Gasteiger partial charge in [0.05, 0.1) is 0 Å². The van der Waals surface area contributed by atoms with Gasteiger partial charge >= 0.3 is 12.6 Å². The Labute approximate surface area is 68.4 Å². The molecule has 0 aliphatic heterocycles. The first-order chi connectivity index (χ1) is 5.58. The number of hydrogen-bond donors (Lipinski definition) is 0. The number of nitrogens with zero attached hydrogens (tertiary/aromatic N) is 2. The molecular formula is C7H8F2N2O.